The second-order valence-electron chi connectivity index (χ2n) is 16.6. The van der Waals surface area contributed by atoms with Gasteiger partial charge in [0.05, 0.1) is 26.2 Å². The summed E-state index contributed by atoms with van der Waals surface area (Å²) < 4.78 is 39.2. The van der Waals surface area contributed by atoms with Gasteiger partial charge in [-0.1, -0.05) is 180 Å². The monoisotopic (exact) mass is 995 g/mol. The molecule has 3 atom stereocenters. The molecule has 0 amide bonds. The van der Waals surface area contributed by atoms with Crippen LogP contribution in [0.25, 0.3) is 0 Å². The van der Waals surface area contributed by atoms with Crippen molar-refractivity contribution in [2.75, 3.05) is 26.4 Å². The molecule has 70 heavy (non-hydrogen) atoms. The second kappa shape index (κ2) is 51.0. The van der Waals surface area contributed by atoms with E-state index in [1.807, 2.05) is 12.2 Å². The molecule has 2 N–H and O–H groups in total. The summed E-state index contributed by atoms with van der Waals surface area (Å²) >= 11 is 0. The van der Waals surface area contributed by atoms with E-state index in [0.29, 0.717) is 19.3 Å². The molecule has 0 aliphatic heterocycles. The summed E-state index contributed by atoms with van der Waals surface area (Å²) in [5.41, 5.74) is 0. The quantitative estimate of drug-likeness (QED) is 0.0197. The van der Waals surface area contributed by atoms with Crippen LogP contribution in [0.1, 0.15) is 175 Å². The summed E-state index contributed by atoms with van der Waals surface area (Å²) in [4.78, 5) is 48.3. The van der Waals surface area contributed by atoms with E-state index in [1.54, 1.807) is 6.08 Å². The number of aliphatic hydroxyl groups is 1. The second-order valence-corrected chi connectivity index (χ2v) is 18.0. The molecular formula is C58H91O11P. The molecule has 0 aromatic heterocycles. The van der Waals surface area contributed by atoms with Crippen LogP contribution in [0.3, 0.4) is 0 Å². The van der Waals surface area contributed by atoms with Crippen molar-refractivity contribution < 1.29 is 52.2 Å². The third kappa shape index (κ3) is 48.6. The van der Waals surface area contributed by atoms with Crippen molar-refractivity contribution in [3.05, 3.63) is 134 Å². The van der Waals surface area contributed by atoms with Gasteiger partial charge in [-0.2, -0.15) is 0 Å². The fraction of sp³-hybridized carbons (Fsp3) is 0.569. The minimum atomic E-state index is -4.78. The number of unbranched alkanes of at least 4 members (excludes halogenated alkanes) is 8. The Kier molecular flexibility index (Phi) is 47.8. The summed E-state index contributed by atoms with van der Waals surface area (Å²) in [6, 6.07) is 0. The Balaban J connectivity index is 4.93. The minimum Gasteiger partial charge on any atom is -0.461 e. The van der Waals surface area contributed by atoms with Gasteiger partial charge in [0.25, 0.3) is 0 Å². The molecule has 0 aromatic rings. The number of phosphoric ester groups is 1. The Bertz CT molecular complexity index is 1680. The third-order valence-electron chi connectivity index (χ3n) is 10.1. The molecule has 0 bridgehead atoms. The predicted molar refractivity (Wildman–Crippen MR) is 288 cm³/mol. The highest BCUT2D eigenvalue weighted by molar-refractivity contribution is 7.47. The number of esters is 3. The Morgan fingerprint density at radius 2 is 0.743 bits per heavy atom. The van der Waals surface area contributed by atoms with Crippen molar-refractivity contribution in [3.8, 4) is 0 Å². The fourth-order valence-electron chi connectivity index (χ4n) is 6.22. The number of carbonyl (C=O) groups excluding carboxylic acids is 3. The van der Waals surface area contributed by atoms with Crippen LogP contribution < -0.4 is 0 Å². The maximum atomic E-state index is 12.9. The van der Waals surface area contributed by atoms with Crippen LogP contribution in [0.2, 0.25) is 0 Å². The largest absolute Gasteiger partial charge is 0.472 e. The molecule has 0 spiro atoms. The maximum absolute atomic E-state index is 12.9. The normalized spacial score (nSPS) is 14.5. The van der Waals surface area contributed by atoms with Gasteiger partial charge in [-0.05, 0) is 109 Å². The average Bonchev–Trinajstić information content (AvgIpc) is 3.35. The zero-order chi connectivity index (χ0) is 51.3. The summed E-state index contributed by atoms with van der Waals surface area (Å²) in [6.07, 6.45) is 63.1. The summed E-state index contributed by atoms with van der Waals surface area (Å²) in [6.45, 7) is 4.09. The zero-order valence-electron chi connectivity index (χ0n) is 43.2. The summed E-state index contributed by atoms with van der Waals surface area (Å²) in [7, 11) is -4.78. The summed E-state index contributed by atoms with van der Waals surface area (Å²) in [5, 5.41) is 9.77. The van der Waals surface area contributed by atoms with E-state index in [0.717, 1.165) is 116 Å². The lowest BCUT2D eigenvalue weighted by molar-refractivity contribution is -0.161. The first-order valence-electron chi connectivity index (χ1n) is 26.1. The SMILES string of the molecule is CC/C=C\C/C=C\C/C=C\C/C=C\C/C=C\CC(=O)OCC(COP(=O)(O)OCC(CO)OC(=O)CCCCC/C=C\C/C=C\C/C=C\CC)OC(=O)CCCCCCC/C=C\C/C=C\C/C=C\CC. The van der Waals surface area contributed by atoms with Crippen LogP contribution in [0.4, 0.5) is 0 Å². The van der Waals surface area contributed by atoms with Crippen LogP contribution in [0.5, 0.6) is 0 Å². The lowest BCUT2D eigenvalue weighted by Gasteiger charge is -2.21. The molecule has 0 rings (SSSR count). The van der Waals surface area contributed by atoms with Crippen LogP contribution in [-0.2, 0) is 42.2 Å². The van der Waals surface area contributed by atoms with Crippen LogP contribution >= 0.6 is 7.82 Å². The van der Waals surface area contributed by atoms with Crippen LogP contribution in [0, 0.1) is 0 Å². The number of hydrogen-bond acceptors (Lipinski definition) is 10. The van der Waals surface area contributed by atoms with E-state index >= 15 is 0 Å². The molecule has 0 fully saturated rings. The van der Waals surface area contributed by atoms with E-state index in [4.69, 9.17) is 23.3 Å². The van der Waals surface area contributed by atoms with Gasteiger partial charge in [0, 0.05) is 12.8 Å². The molecule has 394 valence electrons. The third-order valence-corrected chi connectivity index (χ3v) is 11.0. The molecule has 0 aromatic carbocycles. The Morgan fingerprint density at radius 1 is 0.414 bits per heavy atom. The molecule has 11 nitrogen and oxygen atoms in total. The number of phosphoric acid groups is 1. The van der Waals surface area contributed by atoms with Crippen LogP contribution in [-0.4, -0.2) is 66.5 Å². The molecule has 0 heterocycles. The molecule has 3 unspecified atom stereocenters. The number of allylic oxidation sites excluding steroid dienone is 21. The number of hydrogen-bond donors (Lipinski definition) is 2. The van der Waals surface area contributed by atoms with Gasteiger partial charge in [0.1, 0.15) is 12.7 Å². The fourth-order valence-corrected chi connectivity index (χ4v) is 7.00. The first-order chi connectivity index (χ1) is 34.2. The Hall–Kier alpha value is -4.38. The first kappa shape index (κ1) is 65.6. The molecule has 0 aliphatic carbocycles. The topological polar surface area (TPSA) is 155 Å². The molecule has 0 saturated heterocycles. The minimum absolute atomic E-state index is 0.0190. The lowest BCUT2D eigenvalue weighted by atomic mass is 10.1. The van der Waals surface area contributed by atoms with E-state index in [9.17, 15) is 28.9 Å². The number of ether oxygens (including phenoxy) is 3. The number of carbonyl (C=O) groups is 3. The molecular weight excluding hydrogens is 904 g/mol. The highest BCUT2D eigenvalue weighted by Crippen LogP contribution is 2.43. The first-order valence-corrected chi connectivity index (χ1v) is 27.6. The van der Waals surface area contributed by atoms with Gasteiger partial charge in [0.2, 0.25) is 0 Å². The number of rotatable bonds is 46. The van der Waals surface area contributed by atoms with E-state index in [1.165, 1.54) is 0 Å². The van der Waals surface area contributed by atoms with Gasteiger partial charge in [-0.3, -0.25) is 23.4 Å². The highest BCUT2D eigenvalue weighted by atomic mass is 31.2. The van der Waals surface area contributed by atoms with Crippen molar-refractivity contribution in [1.29, 1.82) is 0 Å². The summed E-state index contributed by atoms with van der Waals surface area (Å²) in [5.74, 6) is -1.69. The molecule has 0 saturated carbocycles. The van der Waals surface area contributed by atoms with Crippen molar-refractivity contribution in [2.24, 2.45) is 0 Å². The van der Waals surface area contributed by atoms with Crippen molar-refractivity contribution in [3.63, 3.8) is 0 Å². The maximum Gasteiger partial charge on any atom is 0.472 e. The van der Waals surface area contributed by atoms with Crippen LogP contribution in [0.15, 0.2) is 134 Å². The Morgan fingerprint density at radius 3 is 1.16 bits per heavy atom. The molecule has 0 radical (unpaired) electrons. The standard InChI is InChI=1S/C58H91O11P/c1-4-7-10-13-16-19-22-25-27-30-32-35-38-41-44-47-56(60)65-51-55(69-58(62)49-46-43-40-37-34-31-28-26-23-20-17-14-11-8-5-2)53-67-70(63,64)66-52-54(50-59)68-57(61)48-45-42-39-36-33-29-24-21-18-15-12-9-6-3/h7-12,16-21,25-29,32-33,35,41,44,54-55,59H,4-6,13-15,22-24,30-31,34,36-40,42-43,45-53H2,1-3H3,(H,63,64)/b10-7-,11-8-,12-9-,19-16-,20-17-,21-18-,27-25-,28-26-,33-29-,35-32-,44-41-. The van der Waals surface area contributed by atoms with Gasteiger partial charge in [0.15, 0.2) is 6.10 Å². The lowest BCUT2D eigenvalue weighted by Crippen LogP contribution is -2.30. The van der Waals surface area contributed by atoms with Crippen molar-refractivity contribution >= 4 is 25.7 Å². The highest BCUT2D eigenvalue weighted by Gasteiger charge is 2.28. The Labute approximate surface area is 423 Å². The smallest absolute Gasteiger partial charge is 0.461 e. The van der Waals surface area contributed by atoms with Gasteiger partial charge in [-0.25, -0.2) is 4.57 Å². The molecule has 12 heteroatoms. The van der Waals surface area contributed by atoms with Crippen molar-refractivity contribution in [1.82, 2.24) is 0 Å². The molecule has 0 aliphatic rings. The van der Waals surface area contributed by atoms with E-state index < -0.39 is 64.4 Å². The van der Waals surface area contributed by atoms with Crippen molar-refractivity contribution in [2.45, 2.75) is 187 Å². The van der Waals surface area contributed by atoms with E-state index in [-0.39, 0.29) is 19.3 Å². The predicted octanol–water partition coefficient (Wildman–Crippen LogP) is 15.0. The van der Waals surface area contributed by atoms with E-state index in [2.05, 4.69) is 136 Å². The number of aliphatic hydroxyl groups excluding tert-OH is 1. The van der Waals surface area contributed by atoms with Gasteiger partial charge < -0.3 is 24.2 Å². The zero-order valence-corrected chi connectivity index (χ0v) is 44.1. The van der Waals surface area contributed by atoms with Gasteiger partial charge >= 0.3 is 25.7 Å². The van der Waals surface area contributed by atoms with Gasteiger partial charge in [-0.15, -0.1) is 0 Å². The average molecular weight is 995 g/mol.